The molecule has 4 N–H and O–H groups in total. The third-order valence-corrected chi connectivity index (χ3v) is 14.8. The summed E-state index contributed by atoms with van der Waals surface area (Å²) >= 11 is 3.11. The van der Waals surface area contributed by atoms with E-state index in [-0.39, 0.29) is 66.6 Å². The van der Waals surface area contributed by atoms with Gasteiger partial charge in [0.1, 0.15) is 44.2 Å². The first kappa shape index (κ1) is 52.3. The van der Waals surface area contributed by atoms with Gasteiger partial charge in [0.05, 0.1) is 73.0 Å². The molecule has 0 radical (unpaired) electrons. The Hall–Kier alpha value is -6.56. The fourth-order valence-corrected chi connectivity index (χ4v) is 11.3. The van der Waals surface area contributed by atoms with Crippen LogP contribution in [0.15, 0.2) is 83.9 Å². The van der Waals surface area contributed by atoms with Crippen molar-refractivity contribution in [2.24, 2.45) is 20.5 Å². The Labute approximate surface area is 421 Å². The summed E-state index contributed by atoms with van der Waals surface area (Å²) in [5.41, 5.74) is 3.17. The number of hydrogen-bond donors (Lipinski definition) is 4. The van der Waals surface area contributed by atoms with E-state index in [4.69, 9.17) is 33.9 Å². The van der Waals surface area contributed by atoms with E-state index >= 15 is 0 Å². The number of anilines is 6. The van der Waals surface area contributed by atoms with Crippen LogP contribution < -0.4 is 39.4 Å². The van der Waals surface area contributed by atoms with Gasteiger partial charge in [-0.05, 0) is 92.9 Å². The molecule has 23 nitrogen and oxygen atoms in total. The highest BCUT2D eigenvalue weighted by Crippen LogP contribution is 2.46. The van der Waals surface area contributed by atoms with Crippen LogP contribution in [0.25, 0.3) is 21.8 Å². The fourth-order valence-electron chi connectivity index (χ4n) is 7.45. The molecule has 7 rings (SSSR count). The standard InChI is InChI=1S/C43H49N13O10S5/c1-10-55(11-2)29-19-25(27(21-33(29)65-8)49-51-39-35-23(53-68-39)15-17-31(63-6)37(35)70(57,58)59)44-41-46-42(48-43(47-41)67-14-5)45-26-20-30(56(12-3)13-4)34(66-9)22-28(26)50-52-40-36-24(54-69-40)16-18-32(64-7)38(36)71(60,61)62/h15-22H,10-14H2,1-9H3,(H,57,58,59)(H,60,61,62)(H2,44,45,46,47,48). The van der Waals surface area contributed by atoms with Crippen molar-refractivity contribution in [2.45, 2.75) is 49.6 Å². The van der Waals surface area contributed by atoms with Crippen LogP contribution in [0.2, 0.25) is 0 Å². The quantitative estimate of drug-likeness (QED) is 0.0279. The lowest BCUT2D eigenvalue weighted by Crippen LogP contribution is -2.22. The molecule has 0 saturated carbocycles. The van der Waals surface area contributed by atoms with Crippen molar-refractivity contribution in [3.05, 3.63) is 48.5 Å². The molecule has 376 valence electrons. The van der Waals surface area contributed by atoms with Crippen molar-refractivity contribution >= 4 is 133 Å². The first-order valence-corrected chi connectivity index (χ1v) is 27.0. The Morgan fingerprint density at radius 2 is 0.972 bits per heavy atom. The van der Waals surface area contributed by atoms with Crippen molar-refractivity contribution in [3.8, 4) is 23.0 Å². The molecule has 0 saturated heterocycles. The zero-order valence-electron chi connectivity index (χ0n) is 39.8. The van der Waals surface area contributed by atoms with Gasteiger partial charge in [0, 0.05) is 38.3 Å². The number of nitrogens with zero attached hydrogens (tertiary/aromatic N) is 11. The number of nitrogens with one attached hydrogen (secondary N) is 2. The number of thioether (sulfide) groups is 1. The van der Waals surface area contributed by atoms with E-state index in [0.29, 0.717) is 71.3 Å². The molecule has 0 unspecified atom stereocenters. The Morgan fingerprint density at radius 1 is 0.577 bits per heavy atom. The molecule has 3 heterocycles. The van der Waals surface area contributed by atoms with Gasteiger partial charge in [-0.1, -0.05) is 18.7 Å². The van der Waals surface area contributed by atoms with Crippen LogP contribution in [0.1, 0.15) is 34.6 Å². The highest BCUT2D eigenvalue weighted by molar-refractivity contribution is 7.99. The molecule has 0 bridgehead atoms. The molecule has 0 fully saturated rings. The highest BCUT2D eigenvalue weighted by Gasteiger charge is 2.27. The van der Waals surface area contributed by atoms with Crippen LogP contribution in [0.3, 0.4) is 0 Å². The van der Waals surface area contributed by atoms with Crippen molar-refractivity contribution in [3.63, 3.8) is 0 Å². The second kappa shape index (κ2) is 22.2. The Bertz CT molecular complexity index is 3170. The van der Waals surface area contributed by atoms with E-state index in [9.17, 15) is 25.9 Å². The fraction of sp³-hybridized carbons (Fsp3) is 0.326. The summed E-state index contributed by atoms with van der Waals surface area (Å²) < 4.78 is 102. The largest absolute Gasteiger partial charge is 0.495 e. The number of benzene rings is 4. The van der Waals surface area contributed by atoms with Gasteiger partial charge in [0.2, 0.25) is 11.9 Å². The number of methoxy groups -OCH3 is 4. The molecule has 0 aliphatic carbocycles. The molecule has 0 aliphatic heterocycles. The first-order chi connectivity index (χ1) is 34.0. The number of ether oxygens (including phenoxy) is 4. The average molecular weight is 1070 g/mol. The maximum absolute atomic E-state index is 12.6. The van der Waals surface area contributed by atoms with Crippen LogP contribution in [0, 0.1) is 0 Å². The maximum atomic E-state index is 12.6. The number of fused-ring (bicyclic) bond motifs is 2. The summed E-state index contributed by atoms with van der Waals surface area (Å²) in [5.74, 6) is 1.53. The summed E-state index contributed by atoms with van der Waals surface area (Å²) in [6.45, 7) is 12.5. The Morgan fingerprint density at radius 3 is 1.31 bits per heavy atom. The van der Waals surface area contributed by atoms with Gasteiger partial charge in [-0.2, -0.15) is 40.5 Å². The van der Waals surface area contributed by atoms with Gasteiger partial charge in [0.15, 0.2) is 15.2 Å². The van der Waals surface area contributed by atoms with Gasteiger partial charge in [-0.25, -0.2) is 0 Å². The molecule has 0 atom stereocenters. The second-order valence-electron chi connectivity index (χ2n) is 14.7. The number of hydrogen-bond acceptors (Lipinski definition) is 24. The maximum Gasteiger partial charge on any atom is 0.299 e. The lowest BCUT2D eigenvalue weighted by Gasteiger charge is -2.25. The number of azo groups is 2. The number of rotatable bonds is 22. The Balaban J connectivity index is 1.36. The van der Waals surface area contributed by atoms with Gasteiger partial charge in [-0.15, -0.1) is 20.5 Å². The van der Waals surface area contributed by atoms with E-state index in [1.165, 1.54) is 52.3 Å². The lowest BCUT2D eigenvalue weighted by atomic mass is 10.2. The molecule has 0 aliphatic rings. The van der Waals surface area contributed by atoms with E-state index in [2.05, 4.69) is 49.6 Å². The molecule has 28 heteroatoms. The smallest absolute Gasteiger partial charge is 0.299 e. The molecular weight excluding hydrogens is 1020 g/mol. The molecule has 71 heavy (non-hydrogen) atoms. The van der Waals surface area contributed by atoms with Crippen LogP contribution in [-0.4, -0.2) is 110 Å². The van der Waals surface area contributed by atoms with Crippen LogP contribution >= 0.6 is 34.8 Å². The van der Waals surface area contributed by atoms with Gasteiger partial charge >= 0.3 is 0 Å². The third-order valence-electron chi connectivity index (χ3n) is 10.7. The van der Waals surface area contributed by atoms with Crippen LogP contribution in [-0.2, 0) is 20.2 Å². The average Bonchev–Trinajstić information content (AvgIpc) is 3.96. The molecular formula is C43H49N13O10S5. The first-order valence-electron chi connectivity index (χ1n) is 21.6. The minimum atomic E-state index is -4.79. The van der Waals surface area contributed by atoms with Gasteiger partial charge in [0.25, 0.3) is 20.2 Å². The summed E-state index contributed by atoms with van der Waals surface area (Å²) in [6.07, 6.45) is 0. The highest BCUT2D eigenvalue weighted by atomic mass is 32.2. The summed E-state index contributed by atoms with van der Waals surface area (Å²) in [4.78, 5) is 17.4. The van der Waals surface area contributed by atoms with E-state index < -0.39 is 30.0 Å². The zero-order chi connectivity index (χ0) is 51.2. The topological polar surface area (TPSA) is 290 Å². The summed E-state index contributed by atoms with van der Waals surface area (Å²) in [6, 6.07) is 12.8. The minimum Gasteiger partial charge on any atom is -0.495 e. The normalized spacial score (nSPS) is 12.0. The molecule has 3 aromatic heterocycles. The Kier molecular flexibility index (Phi) is 16.4. The van der Waals surface area contributed by atoms with Crippen molar-refractivity contribution in [1.82, 2.24) is 23.7 Å². The van der Waals surface area contributed by atoms with Crippen molar-refractivity contribution < 1.29 is 44.9 Å². The second-order valence-corrected chi connectivity index (χ2v) is 20.1. The van der Waals surface area contributed by atoms with E-state index in [1.54, 1.807) is 24.3 Å². The zero-order valence-corrected chi connectivity index (χ0v) is 43.9. The predicted molar refractivity (Wildman–Crippen MR) is 276 cm³/mol. The van der Waals surface area contributed by atoms with Gasteiger partial charge in [-0.3, -0.25) is 9.11 Å². The van der Waals surface area contributed by atoms with Gasteiger partial charge < -0.3 is 39.4 Å². The van der Waals surface area contributed by atoms with E-state index in [0.717, 1.165) is 23.1 Å². The minimum absolute atomic E-state index is 0.0290. The monoisotopic (exact) mass is 1070 g/mol. The SMILES string of the molecule is CCSc1nc(Nc2cc(N(CC)CC)c(OC)cc2N=Nc2snc3ccc(OC)c(S(=O)(=O)O)c23)nc(Nc2cc(N(CC)CC)c(OC)cc2N=Nc2snc3ccc(OC)c(S(=O)(=O)O)c23)n1. The van der Waals surface area contributed by atoms with Crippen molar-refractivity contribution in [2.75, 3.05) is 80.8 Å². The molecule has 0 spiro atoms. The summed E-state index contributed by atoms with van der Waals surface area (Å²) in [5, 5.41) is 25.2. The number of aromatic nitrogens is 5. The van der Waals surface area contributed by atoms with E-state index in [1.807, 2.05) is 46.8 Å². The van der Waals surface area contributed by atoms with Crippen LogP contribution in [0.4, 0.5) is 56.0 Å². The van der Waals surface area contributed by atoms with Crippen molar-refractivity contribution in [1.29, 1.82) is 0 Å². The third kappa shape index (κ3) is 11.2. The lowest BCUT2D eigenvalue weighted by molar-refractivity contribution is 0.398. The van der Waals surface area contributed by atoms with Crippen LogP contribution in [0.5, 0.6) is 23.0 Å². The predicted octanol–water partition coefficient (Wildman–Crippen LogP) is 10.7. The summed E-state index contributed by atoms with van der Waals surface area (Å²) in [7, 11) is -3.96. The molecule has 0 amide bonds. The molecule has 7 aromatic rings. The molecule has 4 aromatic carbocycles.